The second-order valence-electron chi connectivity index (χ2n) is 7.86. The van der Waals surface area contributed by atoms with Crippen molar-refractivity contribution in [3.8, 4) is 23.0 Å². The maximum absolute atomic E-state index is 11.6. The molecule has 0 fully saturated rings. The van der Waals surface area contributed by atoms with Crippen molar-refractivity contribution in [2.24, 2.45) is 5.92 Å². The summed E-state index contributed by atoms with van der Waals surface area (Å²) >= 11 is 0. The normalized spacial score (nSPS) is 11.9. The Bertz CT molecular complexity index is 936. The lowest BCUT2D eigenvalue weighted by atomic mass is 9.86. The predicted octanol–water partition coefficient (Wildman–Crippen LogP) is 4.02. The summed E-state index contributed by atoms with van der Waals surface area (Å²) in [5.74, 6) is -1.27. The second kappa shape index (κ2) is 9.99. The highest BCUT2D eigenvalue weighted by molar-refractivity contribution is 6.83. The lowest BCUT2D eigenvalue weighted by Crippen LogP contribution is -2.30. The summed E-state index contributed by atoms with van der Waals surface area (Å²) < 4.78 is 11.0. The van der Waals surface area contributed by atoms with Gasteiger partial charge in [0.05, 0.1) is 13.0 Å². The van der Waals surface area contributed by atoms with E-state index in [0.717, 1.165) is 11.3 Å². The molecule has 0 saturated carbocycles. The zero-order chi connectivity index (χ0) is 22.3. The summed E-state index contributed by atoms with van der Waals surface area (Å²) in [6, 6.07) is 14.2. The summed E-state index contributed by atoms with van der Waals surface area (Å²) in [7, 11) is -0.240. The van der Waals surface area contributed by atoms with Gasteiger partial charge in [-0.05, 0) is 35.4 Å². The van der Waals surface area contributed by atoms with Gasteiger partial charge in [0.25, 0.3) is 0 Å². The first-order chi connectivity index (χ1) is 14.1. The van der Waals surface area contributed by atoms with Crippen LogP contribution in [0.1, 0.15) is 17.0 Å². The van der Waals surface area contributed by atoms with Crippen LogP contribution in [0.3, 0.4) is 0 Å². The second-order valence-corrected chi connectivity index (χ2v) is 12.6. The van der Waals surface area contributed by atoms with Crippen molar-refractivity contribution in [2.75, 3.05) is 7.11 Å². The van der Waals surface area contributed by atoms with Gasteiger partial charge in [0, 0.05) is 0 Å². The van der Waals surface area contributed by atoms with Crippen LogP contribution in [0.4, 0.5) is 0 Å². The SMILES string of the molecule is COc1ccc(COc2cccc(C(C#C[Si](C)(C)C)C(C(=O)O)C(=O)O)c2)cc1. The predicted molar refractivity (Wildman–Crippen MR) is 116 cm³/mol. The highest BCUT2D eigenvalue weighted by Gasteiger charge is 2.35. The minimum atomic E-state index is -1.84. The molecule has 1 atom stereocenters. The van der Waals surface area contributed by atoms with E-state index in [1.807, 2.05) is 43.9 Å². The van der Waals surface area contributed by atoms with Crippen molar-refractivity contribution in [2.45, 2.75) is 32.2 Å². The van der Waals surface area contributed by atoms with Crippen molar-refractivity contribution in [3.05, 3.63) is 59.7 Å². The minimum Gasteiger partial charge on any atom is -0.497 e. The first kappa shape index (κ1) is 23.0. The fourth-order valence-corrected chi connectivity index (χ4v) is 3.32. The van der Waals surface area contributed by atoms with E-state index in [9.17, 15) is 19.8 Å². The minimum absolute atomic E-state index is 0.306. The van der Waals surface area contributed by atoms with Gasteiger partial charge in [0.15, 0.2) is 5.92 Å². The summed E-state index contributed by atoms with van der Waals surface area (Å²) in [6.45, 7) is 6.35. The average molecular weight is 427 g/mol. The van der Waals surface area contributed by atoms with Crippen LogP contribution < -0.4 is 9.47 Å². The molecule has 2 N–H and O–H groups in total. The van der Waals surface area contributed by atoms with Crippen molar-refractivity contribution < 1.29 is 29.3 Å². The summed E-state index contributed by atoms with van der Waals surface area (Å²) in [4.78, 5) is 23.3. The van der Waals surface area contributed by atoms with E-state index in [4.69, 9.17) is 9.47 Å². The van der Waals surface area contributed by atoms with Crippen LogP contribution in [0.2, 0.25) is 19.6 Å². The molecule has 0 aliphatic heterocycles. The maximum atomic E-state index is 11.6. The van der Waals surface area contributed by atoms with Crippen LogP contribution in [-0.4, -0.2) is 37.3 Å². The molecule has 0 saturated heterocycles. The number of benzene rings is 2. The molecule has 0 spiro atoms. The van der Waals surface area contributed by atoms with Crippen LogP contribution in [0.15, 0.2) is 48.5 Å². The highest BCUT2D eigenvalue weighted by atomic mass is 28.3. The molecule has 0 aromatic heterocycles. The molecule has 0 aliphatic carbocycles. The fraction of sp³-hybridized carbons (Fsp3) is 0.304. The Morgan fingerprint density at radius 2 is 1.63 bits per heavy atom. The Kier molecular flexibility index (Phi) is 7.67. The van der Waals surface area contributed by atoms with Crippen LogP contribution in [0.5, 0.6) is 11.5 Å². The van der Waals surface area contributed by atoms with E-state index in [-0.39, 0.29) is 0 Å². The third-order valence-corrected chi connectivity index (χ3v) is 5.14. The van der Waals surface area contributed by atoms with Crippen LogP contribution in [-0.2, 0) is 16.2 Å². The van der Waals surface area contributed by atoms with Gasteiger partial charge < -0.3 is 19.7 Å². The maximum Gasteiger partial charge on any atom is 0.319 e. The van der Waals surface area contributed by atoms with Gasteiger partial charge in [-0.1, -0.05) is 43.9 Å². The third kappa shape index (κ3) is 6.67. The fourth-order valence-electron chi connectivity index (χ4n) is 2.73. The smallest absolute Gasteiger partial charge is 0.319 e. The molecule has 2 rings (SSSR count). The molecule has 2 aromatic rings. The van der Waals surface area contributed by atoms with E-state index >= 15 is 0 Å². The molecule has 0 aliphatic rings. The number of ether oxygens (including phenoxy) is 2. The van der Waals surface area contributed by atoms with E-state index < -0.39 is 31.8 Å². The average Bonchev–Trinajstić information content (AvgIpc) is 2.68. The Hall–Kier alpha value is -3.24. The quantitative estimate of drug-likeness (QED) is 0.376. The van der Waals surface area contributed by atoms with E-state index in [1.54, 1.807) is 31.4 Å². The molecule has 6 nitrogen and oxygen atoms in total. The number of methoxy groups -OCH3 is 1. The Balaban J connectivity index is 2.31. The Morgan fingerprint density at radius 1 is 1.00 bits per heavy atom. The van der Waals surface area contributed by atoms with Gasteiger partial charge in [0.1, 0.15) is 26.2 Å². The van der Waals surface area contributed by atoms with E-state index in [1.165, 1.54) is 0 Å². The largest absolute Gasteiger partial charge is 0.497 e. The summed E-state index contributed by atoms with van der Waals surface area (Å²) in [5, 5.41) is 19.0. The number of hydrogen-bond acceptors (Lipinski definition) is 4. The number of rotatable bonds is 8. The summed E-state index contributed by atoms with van der Waals surface area (Å²) in [5.41, 5.74) is 4.55. The molecule has 1 unspecified atom stereocenters. The highest BCUT2D eigenvalue weighted by Crippen LogP contribution is 2.28. The topological polar surface area (TPSA) is 93.1 Å². The Labute approximate surface area is 177 Å². The van der Waals surface area contributed by atoms with Crippen molar-refractivity contribution in [1.29, 1.82) is 0 Å². The van der Waals surface area contributed by atoms with Crippen molar-refractivity contribution in [3.63, 3.8) is 0 Å². The van der Waals surface area contributed by atoms with Crippen LogP contribution in [0.25, 0.3) is 0 Å². The Morgan fingerprint density at radius 3 is 2.17 bits per heavy atom. The van der Waals surface area contributed by atoms with Gasteiger partial charge >= 0.3 is 11.9 Å². The zero-order valence-corrected chi connectivity index (χ0v) is 18.5. The monoisotopic (exact) mass is 426 g/mol. The molecule has 0 amide bonds. The van der Waals surface area contributed by atoms with Gasteiger partial charge in [-0.2, -0.15) is 0 Å². The van der Waals surface area contributed by atoms with E-state index in [0.29, 0.717) is 17.9 Å². The van der Waals surface area contributed by atoms with Gasteiger partial charge in [-0.25, -0.2) is 0 Å². The molecule has 30 heavy (non-hydrogen) atoms. The first-order valence-corrected chi connectivity index (χ1v) is 12.9. The molecule has 7 heteroatoms. The van der Waals surface area contributed by atoms with E-state index in [2.05, 4.69) is 11.5 Å². The lowest BCUT2D eigenvalue weighted by molar-refractivity contribution is -0.154. The van der Waals surface area contributed by atoms with Gasteiger partial charge in [-0.3, -0.25) is 9.59 Å². The first-order valence-electron chi connectivity index (χ1n) is 9.44. The molecular weight excluding hydrogens is 400 g/mol. The van der Waals surface area contributed by atoms with Gasteiger partial charge in [-0.15, -0.1) is 11.5 Å². The van der Waals surface area contributed by atoms with Gasteiger partial charge in [0.2, 0.25) is 0 Å². The van der Waals surface area contributed by atoms with Crippen molar-refractivity contribution >= 4 is 20.0 Å². The number of carboxylic acids is 2. The zero-order valence-electron chi connectivity index (χ0n) is 17.5. The molecule has 2 aromatic carbocycles. The molecule has 0 radical (unpaired) electrons. The van der Waals surface area contributed by atoms with Crippen LogP contribution in [0, 0.1) is 17.4 Å². The number of carboxylic acid groups (broad SMARTS) is 2. The van der Waals surface area contributed by atoms with Crippen molar-refractivity contribution in [1.82, 2.24) is 0 Å². The number of carbonyl (C=O) groups is 2. The summed E-state index contributed by atoms with van der Waals surface area (Å²) in [6.07, 6.45) is 0. The van der Waals surface area contributed by atoms with Crippen LogP contribution >= 0.6 is 0 Å². The number of hydrogen-bond donors (Lipinski definition) is 2. The third-order valence-electron chi connectivity index (χ3n) is 4.25. The molecule has 158 valence electrons. The lowest BCUT2D eigenvalue weighted by Gasteiger charge is -2.18. The molecule has 0 heterocycles. The standard InChI is InChI=1S/C23H26O6Si/c1-28-18-10-8-16(9-11-18)15-29-19-7-5-6-17(14-19)20(12-13-30(2,3)4)21(22(24)25)23(26)27/h5-11,14,20-21H,15H2,1-4H3,(H,24,25)(H,26,27). The molecular formula is C23H26O6Si. The molecule has 0 bridgehead atoms. The number of aliphatic carboxylic acids is 2.